The molecule has 0 fully saturated rings. The number of aliphatic hydroxyl groups is 1. The predicted molar refractivity (Wildman–Crippen MR) is 67.6 cm³/mol. The van der Waals surface area contributed by atoms with Gasteiger partial charge in [0.1, 0.15) is 0 Å². The molecule has 1 unspecified atom stereocenters. The average Bonchev–Trinajstić information content (AvgIpc) is 2.25. The fraction of sp³-hybridized carbons (Fsp3) is 0.600. The molecular weight excluding hydrogens is 196 g/mol. The molecule has 2 rings (SSSR count). The minimum absolute atomic E-state index is 0.00280. The smallest absolute Gasteiger partial charge is 0.0930 e. The largest absolute Gasteiger partial charge is 0.385 e. The summed E-state index contributed by atoms with van der Waals surface area (Å²) in [6.07, 6.45) is 0. The maximum absolute atomic E-state index is 10.8. The Kier molecular flexibility index (Phi) is 2.11. The maximum atomic E-state index is 10.8. The van der Waals surface area contributed by atoms with E-state index in [9.17, 15) is 5.11 Å². The van der Waals surface area contributed by atoms with E-state index in [-0.39, 0.29) is 10.8 Å². The molecule has 0 saturated heterocycles. The fourth-order valence-electron chi connectivity index (χ4n) is 3.16. The second-order valence-corrected chi connectivity index (χ2v) is 6.32. The first-order valence-corrected chi connectivity index (χ1v) is 5.97. The van der Waals surface area contributed by atoms with Crippen molar-refractivity contribution >= 4 is 0 Å². The molecule has 1 aliphatic rings. The Hall–Kier alpha value is -0.820. The van der Waals surface area contributed by atoms with Crippen molar-refractivity contribution in [3.05, 3.63) is 34.9 Å². The van der Waals surface area contributed by atoms with Gasteiger partial charge in [-0.05, 0) is 36.0 Å². The summed E-state index contributed by atoms with van der Waals surface area (Å²) in [5.74, 6) is 0. The second kappa shape index (κ2) is 2.89. The maximum Gasteiger partial charge on any atom is 0.0930 e. The molecule has 0 saturated carbocycles. The van der Waals surface area contributed by atoms with Gasteiger partial charge < -0.3 is 5.11 Å². The van der Waals surface area contributed by atoms with Crippen LogP contribution in [0.25, 0.3) is 0 Å². The van der Waals surface area contributed by atoms with Crippen molar-refractivity contribution in [2.45, 2.75) is 52.6 Å². The molecule has 0 spiro atoms. The Labute approximate surface area is 98.5 Å². The van der Waals surface area contributed by atoms with Crippen LogP contribution < -0.4 is 0 Å². The van der Waals surface area contributed by atoms with Gasteiger partial charge >= 0.3 is 0 Å². The highest BCUT2D eigenvalue weighted by Gasteiger charge is 2.58. The highest BCUT2D eigenvalue weighted by atomic mass is 16.3. The van der Waals surface area contributed by atoms with Crippen molar-refractivity contribution in [2.75, 3.05) is 0 Å². The molecule has 1 aromatic rings. The first kappa shape index (κ1) is 11.7. The van der Waals surface area contributed by atoms with Crippen LogP contribution in [-0.4, -0.2) is 5.11 Å². The summed E-state index contributed by atoms with van der Waals surface area (Å²) in [4.78, 5) is 0. The molecule has 1 aromatic carbocycles. The quantitative estimate of drug-likeness (QED) is 0.706. The summed E-state index contributed by atoms with van der Waals surface area (Å²) in [6, 6.07) is 6.25. The molecule has 88 valence electrons. The zero-order chi connectivity index (χ0) is 12.4. The third-order valence-electron chi connectivity index (χ3n) is 5.20. The summed E-state index contributed by atoms with van der Waals surface area (Å²) in [5.41, 5.74) is 2.80. The monoisotopic (exact) mass is 218 g/mol. The average molecular weight is 218 g/mol. The van der Waals surface area contributed by atoms with E-state index >= 15 is 0 Å². The number of aryl methyl sites for hydroxylation is 1. The van der Waals surface area contributed by atoms with E-state index in [2.05, 4.69) is 46.8 Å². The van der Waals surface area contributed by atoms with Crippen molar-refractivity contribution in [2.24, 2.45) is 5.41 Å². The highest BCUT2D eigenvalue weighted by molar-refractivity contribution is 5.50. The second-order valence-electron chi connectivity index (χ2n) is 6.32. The van der Waals surface area contributed by atoms with Crippen molar-refractivity contribution in [1.29, 1.82) is 0 Å². The normalized spacial score (nSPS) is 30.2. The Morgan fingerprint density at radius 2 is 1.56 bits per heavy atom. The van der Waals surface area contributed by atoms with Crippen molar-refractivity contribution in [3.8, 4) is 0 Å². The van der Waals surface area contributed by atoms with Gasteiger partial charge in [-0.3, -0.25) is 0 Å². The first-order valence-electron chi connectivity index (χ1n) is 5.97. The summed E-state index contributed by atoms with van der Waals surface area (Å²) in [7, 11) is 0. The summed E-state index contributed by atoms with van der Waals surface area (Å²) >= 11 is 0. The van der Waals surface area contributed by atoms with Gasteiger partial charge in [0.05, 0.1) is 5.60 Å². The van der Waals surface area contributed by atoms with Crippen LogP contribution in [-0.2, 0) is 11.0 Å². The molecule has 1 heteroatoms. The third-order valence-corrected chi connectivity index (χ3v) is 5.20. The number of benzene rings is 1. The van der Waals surface area contributed by atoms with Crippen LogP contribution in [0.2, 0.25) is 0 Å². The molecule has 0 aromatic heterocycles. The van der Waals surface area contributed by atoms with Gasteiger partial charge in [-0.2, -0.15) is 0 Å². The molecule has 0 aliphatic heterocycles. The van der Waals surface area contributed by atoms with Crippen LogP contribution in [0.3, 0.4) is 0 Å². The number of hydrogen-bond acceptors (Lipinski definition) is 1. The molecule has 16 heavy (non-hydrogen) atoms. The van der Waals surface area contributed by atoms with E-state index in [0.717, 1.165) is 5.56 Å². The van der Waals surface area contributed by atoms with E-state index in [1.807, 2.05) is 13.0 Å². The Morgan fingerprint density at radius 1 is 1.00 bits per heavy atom. The predicted octanol–water partition coefficient (Wildman–Crippen LogP) is 3.52. The first-order chi connectivity index (χ1) is 7.14. The van der Waals surface area contributed by atoms with Crippen LogP contribution in [0.4, 0.5) is 0 Å². The molecule has 0 heterocycles. The zero-order valence-electron chi connectivity index (χ0n) is 11.2. The molecular formula is C15H22O. The van der Waals surface area contributed by atoms with E-state index < -0.39 is 5.60 Å². The fourth-order valence-corrected chi connectivity index (χ4v) is 3.16. The molecule has 0 radical (unpaired) electrons. The molecule has 0 amide bonds. The molecule has 1 N–H and O–H groups in total. The van der Waals surface area contributed by atoms with E-state index in [1.54, 1.807) is 0 Å². The number of rotatable bonds is 0. The number of fused-ring (bicyclic) bond motifs is 1. The van der Waals surface area contributed by atoms with Gasteiger partial charge in [-0.25, -0.2) is 0 Å². The van der Waals surface area contributed by atoms with Gasteiger partial charge in [-0.15, -0.1) is 0 Å². The Morgan fingerprint density at radius 3 is 2.06 bits per heavy atom. The van der Waals surface area contributed by atoms with Gasteiger partial charge in [0.15, 0.2) is 0 Å². The van der Waals surface area contributed by atoms with Crippen LogP contribution in [0, 0.1) is 12.3 Å². The van der Waals surface area contributed by atoms with Gasteiger partial charge in [0.25, 0.3) is 0 Å². The third kappa shape index (κ3) is 1.05. The van der Waals surface area contributed by atoms with E-state index in [1.165, 1.54) is 11.1 Å². The molecule has 1 nitrogen and oxygen atoms in total. The van der Waals surface area contributed by atoms with E-state index in [4.69, 9.17) is 0 Å². The summed E-state index contributed by atoms with van der Waals surface area (Å²) in [6.45, 7) is 12.9. The molecule has 1 atom stereocenters. The van der Waals surface area contributed by atoms with Crippen LogP contribution in [0.1, 0.15) is 51.3 Å². The minimum atomic E-state index is -0.752. The molecule has 1 aliphatic carbocycles. The summed E-state index contributed by atoms with van der Waals surface area (Å²) in [5, 5.41) is 10.8. The molecule has 0 bridgehead atoms. The Bertz CT molecular complexity index is 439. The lowest BCUT2D eigenvalue weighted by molar-refractivity contribution is -0.0729. The van der Waals surface area contributed by atoms with Crippen molar-refractivity contribution in [1.82, 2.24) is 0 Å². The standard InChI is InChI=1S/C15H22O/c1-10-8-7-9-11-12(10)13(2,3)14(4,5)15(11,6)16/h7-9,16H,1-6H3. The van der Waals surface area contributed by atoms with Gasteiger partial charge in [-0.1, -0.05) is 45.9 Å². The Balaban J connectivity index is 2.84. The van der Waals surface area contributed by atoms with Crippen molar-refractivity contribution < 1.29 is 5.11 Å². The number of hydrogen-bond donors (Lipinski definition) is 1. The zero-order valence-corrected chi connectivity index (χ0v) is 11.2. The van der Waals surface area contributed by atoms with Gasteiger partial charge in [0.2, 0.25) is 0 Å². The van der Waals surface area contributed by atoms with E-state index in [0.29, 0.717) is 0 Å². The topological polar surface area (TPSA) is 20.2 Å². The SMILES string of the molecule is Cc1cccc2c1C(C)(C)C(C)(C)C2(C)O. The summed E-state index contributed by atoms with van der Waals surface area (Å²) < 4.78 is 0. The highest BCUT2D eigenvalue weighted by Crippen LogP contribution is 2.60. The lowest BCUT2D eigenvalue weighted by Gasteiger charge is -2.43. The van der Waals surface area contributed by atoms with Crippen LogP contribution >= 0.6 is 0 Å². The van der Waals surface area contributed by atoms with Crippen molar-refractivity contribution in [3.63, 3.8) is 0 Å². The van der Waals surface area contributed by atoms with Crippen LogP contribution in [0.5, 0.6) is 0 Å². The van der Waals surface area contributed by atoms with Crippen LogP contribution in [0.15, 0.2) is 18.2 Å². The lowest BCUT2D eigenvalue weighted by Crippen LogP contribution is -2.44. The van der Waals surface area contributed by atoms with Gasteiger partial charge in [0, 0.05) is 5.41 Å². The minimum Gasteiger partial charge on any atom is -0.385 e. The lowest BCUT2D eigenvalue weighted by atomic mass is 9.63.